The Bertz CT molecular complexity index is 644. The second-order valence-corrected chi connectivity index (χ2v) is 4.50. The Hall–Kier alpha value is -2.30. The van der Waals surface area contributed by atoms with E-state index >= 15 is 0 Å². The van der Waals surface area contributed by atoms with Crippen LogP contribution in [0.1, 0.15) is 30.8 Å². The maximum Gasteiger partial charge on any atom is 0.355 e. The number of fused-ring (bicyclic) bond motifs is 1. The second kappa shape index (κ2) is 5.77. The summed E-state index contributed by atoms with van der Waals surface area (Å²) < 4.78 is 10.2. The van der Waals surface area contributed by atoms with Crippen LogP contribution >= 0.6 is 0 Å². The monoisotopic (exact) mass is 275 g/mol. The lowest BCUT2D eigenvalue weighted by Gasteiger charge is -2.09. The molecule has 1 atom stereocenters. The smallest absolute Gasteiger partial charge is 0.355 e. The van der Waals surface area contributed by atoms with Gasteiger partial charge in [0, 0.05) is 23.4 Å². The molecule has 0 amide bonds. The van der Waals surface area contributed by atoms with Crippen molar-refractivity contribution < 1.29 is 19.1 Å². The van der Waals surface area contributed by atoms with Gasteiger partial charge >= 0.3 is 5.97 Å². The molecule has 0 saturated carbocycles. The highest BCUT2D eigenvalue weighted by Gasteiger charge is 2.18. The van der Waals surface area contributed by atoms with Crippen LogP contribution in [0.2, 0.25) is 0 Å². The first-order chi connectivity index (χ1) is 9.55. The number of carbonyl (C=O) groups is 2. The van der Waals surface area contributed by atoms with E-state index in [-0.39, 0.29) is 5.78 Å². The summed E-state index contributed by atoms with van der Waals surface area (Å²) in [5.41, 5.74) is 1.11. The molecule has 0 bridgehead atoms. The van der Waals surface area contributed by atoms with Crippen molar-refractivity contribution in [2.24, 2.45) is 0 Å². The molecular formula is C15H17NO4. The van der Waals surface area contributed by atoms with E-state index in [4.69, 9.17) is 9.47 Å². The average Bonchev–Trinajstić information content (AvgIpc) is 2.88. The number of rotatable bonds is 5. The lowest BCUT2D eigenvalue weighted by atomic mass is 10.2. The third kappa shape index (κ3) is 2.82. The zero-order valence-corrected chi connectivity index (χ0v) is 11.7. The Balaban J connectivity index is 2.20. The van der Waals surface area contributed by atoms with Gasteiger partial charge in [-0.25, -0.2) is 4.79 Å². The summed E-state index contributed by atoms with van der Waals surface area (Å²) in [5, 5.41) is 0.882. The molecule has 0 spiro atoms. The summed E-state index contributed by atoms with van der Waals surface area (Å²) in [6.45, 7) is 3.32. The molecule has 1 N–H and O–H groups in total. The molecule has 0 aliphatic carbocycles. The van der Waals surface area contributed by atoms with Gasteiger partial charge in [-0.15, -0.1) is 0 Å². The van der Waals surface area contributed by atoms with E-state index in [2.05, 4.69) is 4.98 Å². The van der Waals surface area contributed by atoms with E-state index in [1.54, 1.807) is 33.1 Å². The molecule has 0 radical (unpaired) electrons. The van der Waals surface area contributed by atoms with Gasteiger partial charge in [-0.1, -0.05) is 6.92 Å². The number of ether oxygens (including phenoxy) is 2. The molecule has 5 heteroatoms. The predicted molar refractivity (Wildman–Crippen MR) is 75.0 cm³/mol. The van der Waals surface area contributed by atoms with Gasteiger partial charge in [-0.2, -0.15) is 0 Å². The summed E-state index contributed by atoms with van der Waals surface area (Å²) in [6.07, 6.45) is -0.383. The molecule has 20 heavy (non-hydrogen) atoms. The number of methoxy groups -OCH3 is 1. The van der Waals surface area contributed by atoms with Crippen molar-refractivity contribution in [3.63, 3.8) is 0 Å². The van der Waals surface area contributed by atoms with Gasteiger partial charge in [0.25, 0.3) is 0 Å². The van der Waals surface area contributed by atoms with Crippen molar-refractivity contribution in [3.05, 3.63) is 30.0 Å². The number of aromatic amines is 1. The fourth-order valence-electron chi connectivity index (χ4n) is 1.92. The van der Waals surface area contributed by atoms with Crippen molar-refractivity contribution in [2.75, 3.05) is 7.11 Å². The quantitative estimate of drug-likeness (QED) is 0.852. The first kappa shape index (κ1) is 14.1. The molecule has 1 unspecified atom stereocenters. The van der Waals surface area contributed by atoms with Gasteiger partial charge < -0.3 is 14.5 Å². The van der Waals surface area contributed by atoms with Crippen LogP contribution in [-0.4, -0.2) is 30.0 Å². The fraction of sp³-hybridized carbons (Fsp3) is 0.333. The Morgan fingerprint density at radius 2 is 2.05 bits per heavy atom. The third-order valence-electron chi connectivity index (χ3n) is 3.14. The number of aromatic nitrogens is 1. The molecule has 0 aliphatic heterocycles. The molecule has 0 saturated heterocycles. The van der Waals surface area contributed by atoms with Crippen LogP contribution in [-0.2, 0) is 9.53 Å². The maximum absolute atomic E-state index is 12.0. The molecule has 1 aromatic heterocycles. The number of hydrogen-bond donors (Lipinski definition) is 1. The predicted octanol–water partition coefficient (Wildman–Crippen LogP) is 2.70. The fourth-order valence-corrected chi connectivity index (χ4v) is 1.92. The number of carbonyl (C=O) groups excluding carboxylic acids is 2. The van der Waals surface area contributed by atoms with Gasteiger partial charge in [0.15, 0.2) is 11.9 Å². The van der Waals surface area contributed by atoms with Gasteiger partial charge in [0.1, 0.15) is 11.4 Å². The van der Waals surface area contributed by atoms with E-state index in [9.17, 15) is 9.59 Å². The number of Topliss-reactive ketones (excluding diaryl/α,β-unsaturated/α-hetero) is 1. The highest BCUT2D eigenvalue weighted by atomic mass is 16.5. The van der Waals surface area contributed by atoms with E-state index < -0.39 is 12.1 Å². The highest BCUT2D eigenvalue weighted by molar-refractivity contribution is 5.96. The molecule has 106 valence electrons. The molecule has 2 aromatic rings. The van der Waals surface area contributed by atoms with Crippen LogP contribution in [0, 0.1) is 0 Å². The Morgan fingerprint density at radius 3 is 2.70 bits per heavy atom. The molecule has 0 fully saturated rings. The summed E-state index contributed by atoms with van der Waals surface area (Å²) >= 11 is 0. The van der Waals surface area contributed by atoms with Crippen molar-refractivity contribution in [3.8, 4) is 5.75 Å². The second-order valence-electron chi connectivity index (χ2n) is 4.50. The van der Waals surface area contributed by atoms with Crippen molar-refractivity contribution in [2.45, 2.75) is 26.4 Å². The van der Waals surface area contributed by atoms with Crippen molar-refractivity contribution >= 4 is 22.7 Å². The topological polar surface area (TPSA) is 68.4 Å². The molecule has 1 aromatic carbocycles. The Labute approximate surface area is 116 Å². The first-order valence-electron chi connectivity index (χ1n) is 6.45. The van der Waals surface area contributed by atoms with Gasteiger partial charge in [-0.05, 0) is 25.1 Å². The molecule has 1 heterocycles. The number of benzene rings is 1. The van der Waals surface area contributed by atoms with E-state index in [1.807, 2.05) is 12.1 Å². The summed E-state index contributed by atoms with van der Waals surface area (Å²) in [5.74, 6) is 0.0689. The molecule has 5 nitrogen and oxygen atoms in total. The van der Waals surface area contributed by atoms with Crippen molar-refractivity contribution in [1.29, 1.82) is 0 Å². The number of H-pyrrole nitrogens is 1. The van der Waals surface area contributed by atoms with E-state index in [0.29, 0.717) is 17.9 Å². The molecule has 0 aliphatic rings. The number of esters is 1. The lowest BCUT2D eigenvalue weighted by Crippen LogP contribution is -2.23. The number of ketones is 1. The molecule has 2 rings (SSSR count). The minimum Gasteiger partial charge on any atom is -0.497 e. The summed E-state index contributed by atoms with van der Waals surface area (Å²) in [4.78, 5) is 26.4. The van der Waals surface area contributed by atoms with Crippen LogP contribution in [0.3, 0.4) is 0 Å². The van der Waals surface area contributed by atoms with Gasteiger partial charge in [0.2, 0.25) is 0 Å². The minimum absolute atomic E-state index is 0.101. The molecular weight excluding hydrogens is 258 g/mol. The first-order valence-corrected chi connectivity index (χ1v) is 6.45. The van der Waals surface area contributed by atoms with Crippen LogP contribution in [0.4, 0.5) is 0 Å². The van der Waals surface area contributed by atoms with E-state index in [0.717, 1.165) is 10.9 Å². The summed E-state index contributed by atoms with van der Waals surface area (Å²) in [6, 6.07) is 7.16. The van der Waals surface area contributed by atoms with Crippen LogP contribution in [0.5, 0.6) is 5.75 Å². The van der Waals surface area contributed by atoms with Crippen molar-refractivity contribution in [1.82, 2.24) is 4.98 Å². The van der Waals surface area contributed by atoms with E-state index in [1.165, 1.54) is 0 Å². The average molecular weight is 275 g/mol. The normalized spacial score (nSPS) is 12.2. The van der Waals surface area contributed by atoms with Gasteiger partial charge in [-0.3, -0.25) is 4.79 Å². The van der Waals surface area contributed by atoms with Crippen LogP contribution < -0.4 is 4.74 Å². The zero-order valence-electron chi connectivity index (χ0n) is 11.7. The van der Waals surface area contributed by atoms with Gasteiger partial charge in [0.05, 0.1) is 7.11 Å². The van der Waals surface area contributed by atoms with Crippen LogP contribution in [0.25, 0.3) is 10.9 Å². The van der Waals surface area contributed by atoms with Crippen LogP contribution in [0.15, 0.2) is 24.3 Å². The summed E-state index contributed by atoms with van der Waals surface area (Å²) in [7, 11) is 1.58. The SMILES string of the molecule is CCC(=O)C(C)OC(=O)c1cc2ccc(OC)cc2[nH]1. The standard InChI is InChI=1S/C15H17NO4/c1-4-14(17)9(2)20-15(18)13-7-10-5-6-11(19-3)8-12(10)16-13/h5-9,16H,4H2,1-3H3. The zero-order chi connectivity index (χ0) is 14.7. The largest absolute Gasteiger partial charge is 0.497 e. The third-order valence-corrected chi connectivity index (χ3v) is 3.14. The lowest BCUT2D eigenvalue weighted by molar-refractivity contribution is -0.126. The Morgan fingerprint density at radius 1 is 1.30 bits per heavy atom. The maximum atomic E-state index is 12.0. The Kier molecular flexibility index (Phi) is 4.08. The number of hydrogen-bond acceptors (Lipinski definition) is 4. The minimum atomic E-state index is -0.728. The number of nitrogens with one attached hydrogen (secondary N) is 1. The highest BCUT2D eigenvalue weighted by Crippen LogP contribution is 2.21.